The van der Waals surface area contributed by atoms with Crippen LogP contribution in [0.4, 0.5) is 0 Å². The van der Waals surface area contributed by atoms with E-state index in [1.165, 1.54) is 0 Å². The lowest BCUT2D eigenvalue weighted by atomic mass is 9.52. The van der Waals surface area contributed by atoms with Crippen LogP contribution < -0.4 is 9.47 Å². The number of benzene rings is 1. The fraction of sp³-hybridized carbons (Fsp3) is 0.500. The van der Waals surface area contributed by atoms with Crippen molar-refractivity contribution in [3.05, 3.63) is 11.1 Å². The average Bonchev–Trinajstić information content (AvgIpc) is 2.34. The van der Waals surface area contributed by atoms with Crippen molar-refractivity contribution >= 4 is 47.1 Å². The van der Waals surface area contributed by atoms with Crippen LogP contribution in [0.5, 0.6) is 23.0 Å². The number of phenolic OH excluding ortho intramolecular Hbond substituents is 2. The van der Waals surface area contributed by atoms with E-state index in [0.717, 1.165) is 0 Å². The molecule has 0 aliphatic carbocycles. The van der Waals surface area contributed by atoms with Gasteiger partial charge in [-0.15, -0.1) is 0 Å². The SMILES string of the molecule is [B]C([B])([B])Oc1c(O)c(C)c(CCC)c(O)c1OC([B])([B])[B]. The van der Waals surface area contributed by atoms with E-state index >= 15 is 0 Å². The minimum absolute atomic E-state index is 0.345. The molecule has 0 aliphatic heterocycles. The van der Waals surface area contributed by atoms with Gasteiger partial charge in [-0.3, -0.25) is 0 Å². The smallest absolute Gasteiger partial charge is 0.205 e. The third-order valence-corrected chi connectivity index (χ3v) is 2.79. The van der Waals surface area contributed by atoms with Gasteiger partial charge >= 0.3 is 0 Å². The largest absolute Gasteiger partial charge is 0.510 e. The first-order valence-electron chi connectivity index (χ1n) is 6.56. The van der Waals surface area contributed by atoms with E-state index in [-0.39, 0.29) is 11.5 Å². The molecule has 0 aromatic heterocycles. The van der Waals surface area contributed by atoms with Gasteiger partial charge < -0.3 is 19.7 Å². The van der Waals surface area contributed by atoms with Crippen molar-refractivity contribution in [3.8, 4) is 23.0 Å². The van der Waals surface area contributed by atoms with E-state index in [4.69, 9.17) is 56.6 Å². The van der Waals surface area contributed by atoms with Gasteiger partial charge in [0.2, 0.25) is 11.5 Å². The second kappa shape index (κ2) is 6.51. The minimum Gasteiger partial charge on any atom is -0.510 e. The zero-order valence-corrected chi connectivity index (χ0v) is 12.6. The highest BCUT2D eigenvalue weighted by Crippen LogP contribution is 2.50. The van der Waals surface area contributed by atoms with Crippen molar-refractivity contribution < 1.29 is 19.7 Å². The molecule has 1 aromatic carbocycles. The van der Waals surface area contributed by atoms with Crippen molar-refractivity contribution in [3.63, 3.8) is 0 Å². The summed E-state index contributed by atoms with van der Waals surface area (Å²) in [4.78, 5) is 0. The van der Waals surface area contributed by atoms with Crippen LogP contribution in [0.1, 0.15) is 24.5 Å². The Morgan fingerprint density at radius 2 is 1.27 bits per heavy atom. The minimum atomic E-state index is -2.14. The molecule has 10 heteroatoms. The molecule has 12 radical (unpaired) electrons. The highest BCUT2D eigenvalue weighted by molar-refractivity contribution is 6.59. The van der Waals surface area contributed by atoms with Gasteiger partial charge in [-0.2, -0.15) is 0 Å². The lowest BCUT2D eigenvalue weighted by Gasteiger charge is -2.31. The summed E-state index contributed by atoms with van der Waals surface area (Å²) >= 11 is 0. The summed E-state index contributed by atoms with van der Waals surface area (Å²) in [6.07, 6.45) is 1.15. The Bertz CT molecular complexity index is 550. The Kier molecular flexibility index (Phi) is 5.58. The molecule has 0 amide bonds. The first-order chi connectivity index (χ1) is 9.87. The topological polar surface area (TPSA) is 58.9 Å². The molecule has 0 saturated carbocycles. The highest BCUT2D eigenvalue weighted by Gasteiger charge is 2.28. The molecular formula is C12H12B6O4. The monoisotopic (exact) mass is 286 g/mol. The van der Waals surface area contributed by atoms with Gasteiger partial charge in [-0.1, -0.05) is 13.3 Å². The number of aromatic hydroxyl groups is 2. The maximum Gasteiger partial charge on any atom is 0.205 e. The Morgan fingerprint density at radius 3 is 1.64 bits per heavy atom. The van der Waals surface area contributed by atoms with Gasteiger partial charge in [0.1, 0.15) is 47.1 Å². The summed E-state index contributed by atoms with van der Waals surface area (Å²) in [7, 11) is 32.2. The second-order valence-corrected chi connectivity index (χ2v) is 5.12. The zero-order chi connectivity index (χ0) is 17.3. The van der Waals surface area contributed by atoms with Crippen LogP contribution in [0.25, 0.3) is 0 Å². The molecule has 0 fully saturated rings. The lowest BCUT2D eigenvalue weighted by molar-refractivity contribution is 0.244. The summed E-state index contributed by atoms with van der Waals surface area (Å²) < 4.78 is 10.1. The van der Waals surface area contributed by atoms with Crippen LogP contribution in [0.3, 0.4) is 0 Å². The van der Waals surface area contributed by atoms with E-state index in [1.807, 2.05) is 6.92 Å². The molecule has 0 spiro atoms. The van der Waals surface area contributed by atoms with Crippen molar-refractivity contribution in [2.24, 2.45) is 0 Å². The second-order valence-electron chi connectivity index (χ2n) is 5.12. The standard InChI is InChI=1S/C12H12B6O4/c1-3-4-6-5(2)7(19)9(21-11(13,14)15)10(8(6)20)22-12(16,17)18/h19-20H,3-4H2,1-2H3. The summed E-state index contributed by atoms with van der Waals surface area (Å²) in [5, 5.41) is 16.4. The Balaban J connectivity index is 3.58. The average molecular weight is 285 g/mol. The first-order valence-corrected chi connectivity index (χ1v) is 6.56. The Hall–Kier alpha value is -1.19. The van der Waals surface area contributed by atoms with Crippen LogP contribution in [0, 0.1) is 6.92 Å². The van der Waals surface area contributed by atoms with Gasteiger partial charge in [-0.25, -0.2) is 0 Å². The first kappa shape index (κ1) is 18.9. The normalized spacial score (nSPS) is 12.1. The molecule has 4 nitrogen and oxygen atoms in total. The molecular weight excluding hydrogens is 273 g/mol. The molecule has 1 aromatic rings. The van der Waals surface area contributed by atoms with E-state index in [1.54, 1.807) is 6.92 Å². The molecule has 102 valence electrons. The van der Waals surface area contributed by atoms with Gasteiger partial charge in [0, 0.05) is 11.1 Å². The maximum atomic E-state index is 10.4. The molecule has 1 rings (SSSR count). The predicted octanol–water partition coefficient (Wildman–Crippen LogP) is -0.650. The maximum absolute atomic E-state index is 10.4. The van der Waals surface area contributed by atoms with Gasteiger partial charge in [0.25, 0.3) is 0 Å². The van der Waals surface area contributed by atoms with Crippen molar-refractivity contribution in [2.45, 2.75) is 37.3 Å². The number of ether oxygens (including phenoxy) is 2. The van der Waals surface area contributed by atoms with Gasteiger partial charge in [0.05, 0.1) is 0 Å². The predicted molar refractivity (Wildman–Crippen MR) is 89.7 cm³/mol. The third-order valence-electron chi connectivity index (χ3n) is 2.79. The zero-order valence-electron chi connectivity index (χ0n) is 12.6. The summed E-state index contributed by atoms with van der Waals surface area (Å²) in [5.74, 6) is -1.52. The summed E-state index contributed by atoms with van der Waals surface area (Å²) in [5.41, 5.74) is 0.769. The molecule has 0 heterocycles. The highest BCUT2D eigenvalue weighted by atomic mass is 16.5. The van der Waals surface area contributed by atoms with E-state index in [0.29, 0.717) is 24.0 Å². The van der Waals surface area contributed by atoms with Crippen LogP contribution >= 0.6 is 0 Å². The fourth-order valence-corrected chi connectivity index (χ4v) is 1.94. The van der Waals surface area contributed by atoms with Crippen molar-refractivity contribution in [2.75, 3.05) is 0 Å². The van der Waals surface area contributed by atoms with Gasteiger partial charge in [0.15, 0.2) is 11.5 Å². The number of hydrogen-bond acceptors (Lipinski definition) is 4. The molecule has 0 saturated heterocycles. The number of hydrogen-bond donors (Lipinski definition) is 2. The third kappa shape index (κ3) is 4.65. The van der Waals surface area contributed by atoms with Crippen LogP contribution in [-0.2, 0) is 6.42 Å². The summed E-state index contributed by atoms with van der Waals surface area (Å²) in [6, 6.07) is 0. The molecule has 2 N–H and O–H groups in total. The van der Waals surface area contributed by atoms with Crippen LogP contribution in [0.15, 0.2) is 0 Å². The quantitative estimate of drug-likeness (QED) is 0.539. The van der Waals surface area contributed by atoms with E-state index in [9.17, 15) is 10.2 Å². The number of phenols is 2. The van der Waals surface area contributed by atoms with E-state index < -0.39 is 22.1 Å². The Morgan fingerprint density at radius 1 is 0.864 bits per heavy atom. The van der Waals surface area contributed by atoms with Crippen LogP contribution in [-0.4, -0.2) is 67.9 Å². The van der Waals surface area contributed by atoms with Crippen molar-refractivity contribution in [1.29, 1.82) is 0 Å². The van der Waals surface area contributed by atoms with Crippen molar-refractivity contribution in [1.82, 2.24) is 0 Å². The summed E-state index contributed by atoms with van der Waals surface area (Å²) in [6.45, 7) is 3.47. The van der Waals surface area contributed by atoms with Gasteiger partial charge in [-0.05, 0) is 23.9 Å². The molecule has 0 bridgehead atoms. The van der Waals surface area contributed by atoms with Crippen LogP contribution in [0.2, 0.25) is 0 Å². The fourth-order valence-electron chi connectivity index (χ4n) is 1.94. The molecule has 0 unspecified atom stereocenters. The molecule has 0 aliphatic rings. The molecule has 0 atom stereocenters. The Labute approximate surface area is 138 Å². The number of rotatable bonds is 6. The lowest BCUT2D eigenvalue weighted by Crippen LogP contribution is -2.40. The van der Waals surface area contributed by atoms with E-state index in [2.05, 4.69) is 0 Å². The molecule has 22 heavy (non-hydrogen) atoms.